The number of imide groups is 1. The molecule has 2 saturated heterocycles. The standard InChI is InChI=1S/C28H28N2O5/c1-17-7-6-10-22-25(17)27(33)30(26(22)32)23-12-11-21(13-18(23)2)35-28(34)20-14-24(31)29(16-20)15-19-8-4-3-5-9-19/h3-9,11-13,17,20,22,25H,10,14-16H2,1-2H3/t17-,20+,22+,25-/m0/s1. The number of allylic oxidation sites excluding steroid dienone is 2. The van der Waals surface area contributed by atoms with Gasteiger partial charge in [0.05, 0.1) is 23.4 Å². The van der Waals surface area contributed by atoms with Crippen LogP contribution < -0.4 is 9.64 Å². The van der Waals surface area contributed by atoms with Crippen molar-refractivity contribution < 1.29 is 23.9 Å². The molecule has 2 heterocycles. The minimum Gasteiger partial charge on any atom is -0.426 e. The van der Waals surface area contributed by atoms with Gasteiger partial charge in [-0.15, -0.1) is 0 Å². The molecule has 35 heavy (non-hydrogen) atoms. The van der Waals surface area contributed by atoms with Crippen LogP contribution in [0.4, 0.5) is 5.69 Å². The molecule has 180 valence electrons. The molecule has 2 aromatic rings. The van der Waals surface area contributed by atoms with Crippen LogP contribution in [0.25, 0.3) is 0 Å². The summed E-state index contributed by atoms with van der Waals surface area (Å²) in [6.45, 7) is 4.53. The largest absolute Gasteiger partial charge is 0.426 e. The molecule has 2 aliphatic heterocycles. The van der Waals surface area contributed by atoms with E-state index in [1.165, 1.54) is 4.90 Å². The number of hydrogen-bond donors (Lipinski definition) is 0. The van der Waals surface area contributed by atoms with Gasteiger partial charge in [-0.1, -0.05) is 49.4 Å². The number of anilines is 1. The van der Waals surface area contributed by atoms with Gasteiger partial charge in [-0.2, -0.15) is 0 Å². The lowest BCUT2D eigenvalue weighted by Crippen LogP contribution is -2.32. The second kappa shape index (κ2) is 9.13. The van der Waals surface area contributed by atoms with Crippen molar-refractivity contribution in [1.82, 2.24) is 4.90 Å². The van der Waals surface area contributed by atoms with Crippen molar-refractivity contribution >= 4 is 29.4 Å². The Kier molecular flexibility index (Phi) is 6.01. The molecule has 2 aromatic carbocycles. The van der Waals surface area contributed by atoms with Gasteiger partial charge in [-0.3, -0.25) is 19.2 Å². The molecule has 5 rings (SSSR count). The Balaban J connectivity index is 1.26. The fraction of sp³-hybridized carbons (Fsp3) is 0.357. The van der Waals surface area contributed by atoms with Gasteiger partial charge in [0.25, 0.3) is 0 Å². The number of fused-ring (bicyclic) bond motifs is 1. The van der Waals surface area contributed by atoms with Crippen LogP contribution in [0.3, 0.4) is 0 Å². The number of carbonyl (C=O) groups excluding carboxylic acids is 4. The molecule has 7 heteroatoms. The highest BCUT2D eigenvalue weighted by molar-refractivity contribution is 6.22. The van der Waals surface area contributed by atoms with Crippen LogP contribution in [0, 0.1) is 30.6 Å². The molecular weight excluding hydrogens is 444 g/mol. The molecule has 3 aliphatic rings. The molecule has 0 saturated carbocycles. The first-order valence-electron chi connectivity index (χ1n) is 12.0. The summed E-state index contributed by atoms with van der Waals surface area (Å²) in [5, 5.41) is 0. The summed E-state index contributed by atoms with van der Waals surface area (Å²) < 4.78 is 5.59. The van der Waals surface area contributed by atoms with Crippen molar-refractivity contribution in [2.24, 2.45) is 23.7 Å². The average molecular weight is 473 g/mol. The zero-order valence-corrected chi connectivity index (χ0v) is 19.8. The predicted molar refractivity (Wildman–Crippen MR) is 129 cm³/mol. The lowest BCUT2D eigenvalue weighted by atomic mass is 9.78. The number of rotatable bonds is 5. The topological polar surface area (TPSA) is 84.0 Å². The Bertz CT molecular complexity index is 1220. The van der Waals surface area contributed by atoms with Gasteiger partial charge in [0.2, 0.25) is 17.7 Å². The van der Waals surface area contributed by atoms with E-state index in [1.54, 1.807) is 30.0 Å². The summed E-state index contributed by atoms with van der Waals surface area (Å²) in [5.41, 5.74) is 2.20. The van der Waals surface area contributed by atoms with Crippen molar-refractivity contribution in [3.8, 4) is 5.75 Å². The van der Waals surface area contributed by atoms with Crippen molar-refractivity contribution in [3.05, 3.63) is 71.8 Å². The normalized spacial score (nSPS) is 25.8. The molecule has 0 aromatic heterocycles. The molecule has 0 N–H and O–H groups in total. The molecule has 4 atom stereocenters. The van der Waals surface area contributed by atoms with Crippen molar-refractivity contribution in [2.45, 2.75) is 33.2 Å². The first-order chi connectivity index (χ1) is 16.8. The van der Waals surface area contributed by atoms with E-state index in [2.05, 4.69) is 0 Å². The zero-order chi connectivity index (χ0) is 24.7. The third-order valence-corrected chi connectivity index (χ3v) is 7.26. The fourth-order valence-corrected chi connectivity index (χ4v) is 5.41. The van der Waals surface area contributed by atoms with Gasteiger partial charge in [-0.25, -0.2) is 4.90 Å². The minimum absolute atomic E-state index is 0.0197. The molecular formula is C28H28N2O5. The summed E-state index contributed by atoms with van der Waals surface area (Å²) in [6, 6.07) is 14.6. The number of nitrogens with zero attached hydrogens (tertiary/aromatic N) is 2. The van der Waals surface area contributed by atoms with Crippen LogP contribution in [0.15, 0.2) is 60.7 Å². The number of benzene rings is 2. The maximum Gasteiger partial charge on any atom is 0.316 e. The summed E-state index contributed by atoms with van der Waals surface area (Å²) in [6.07, 6.45) is 4.67. The van der Waals surface area contributed by atoms with Gasteiger partial charge < -0.3 is 9.64 Å². The second-order valence-corrected chi connectivity index (χ2v) is 9.70. The smallest absolute Gasteiger partial charge is 0.316 e. The summed E-state index contributed by atoms with van der Waals surface area (Å²) in [7, 11) is 0. The Morgan fingerprint density at radius 2 is 1.83 bits per heavy atom. The Hall–Kier alpha value is -3.74. The first kappa shape index (κ1) is 23.0. The number of aryl methyl sites for hydroxylation is 1. The van der Waals surface area contributed by atoms with Gasteiger partial charge in [-0.05, 0) is 48.6 Å². The van der Waals surface area contributed by atoms with Crippen LogP contribution in [-0.2, 0) is 25.7 Å². The highest BCUT2D eigenvalue weighted by atomic mass is 16.5. The Morgan fingerprint density at radius 1 is 1.06 bits per heavy atom. The quantitative estimate of drug-likeness (QED) is 0.287. The molecule has 0 radical (unpaired) electrons. The van der Waals surface area contributed by atoms with Crippen LogP contribution in [0.5, 0.6) is 5.75 Å². The van der Waals surface area contributed by atoms with E-state index < -0.39 is 11.9 Å². The summed E-state index contributed by atoms with van der Waals surface area (Å²) >= 11 is 0. The fourth-order valence-electron chi connectivity index (χ4n) is 5.41. The van der Waals surface area contributed by atoms with Crippen molar-refractivity contribution in [1.29, 1.82) is 0 Å². The molecule has 0 spiro atoms. The van der Waals surface area contributed by atoms with E-state index in [9.17, 15) is 19.2 Å². The van der Waals surface area contributed by atoms with Gasteiger partial charge in [0.15, 0.2) is 0 Å². The SMILES string of the molecule is Cc1cc(OC(=O)[C@@H]2CC(=O)N(Cc3ccccc3)C2)ccc1N1C(=O)[C@H]2[C@@H](C)C=CC[C@H]2C1=O. The van der Waals surface area contributed by atoms with Gasteiger partial charge in [0, 0.05) is 19.5 Å². The lowest BCUT2D eigenvalue weighted by Gasteiger charge is -2.22. The van der Waals surface area contributed by atoms with E-state index in [0.717, 1.165) is 5.56 Å². The number of amides is 3. The van der Waals surface area contributed by atoms with E-state index >= 15 is 0 Å². The molecule has 0 bridgehead atoms. The number of esters is 1. The second-order valence-electron chi connectivity index (χ2n) is 9.70. The first-order valence-corrected chi connectivity index (χ1v) is 12.0. The highest BCUT2D eigenvalue weighted by Gasteiger charge is 2.50. The number of ether oxygens (including phenoxy) is 1. The van der Waals surface area contributed by atoms with Crippen LogP contribution >= 0.6 is 0 Å². The predicted octanol–water partition coefficient (Wildman–Crippen LogP) is 3.65. The van der Waals surface area contributed by atoms with Gasteiger partial charge in [0.1, 0.15) is 5.75 Å². The zero-order valence-electron chi connectivity index (χ0n) is 19.8. The van der Waals surface area contributed by atoms with Crippen LogP contribution in [0.1, 0.15) is 30.9 Å². The van der Waals surface area contributed by atoms with Crippen LogP contribution in [0.2, 0.25) is 0 Å². The van der Waals surface area contributed by atoms with Gasteiger partial charge >= 0.3 is 5.97 Å². The Morgan fingerprint density at radius 3 is 2.54 bits per heavy atom. The highest BCUT2D eigenvalue weighted by Crippen LogP contribution is 2.41. The third-order valence-electron chi connectivity index (χ3n) is 7.26. The van der Waals surface area contributed by atoms with E-state index in [0.29, 0.717) is 36.5 Å². The van der Waals surface area contributed by atoms with Crippen molar-refractivity contribution in [3.63, 3.8) is 0 Å². The molecule has 7 nitrogen and oxygen atoms in total. The third kappa shape index (κ3) is 4.27. The maximum atomic E-state index is 13.1. The Labute approximate surface area is 204 Å². The average Bonchev–Trinajstić information content (AvgIpc) is 3.32. The minimum atomic E-state index is -0.537. The lowest BCUT2D eigenvalue weighted by molar-refractivity contribution is -0.139. The molecule has 2 fully saturated rings. The van der Waals surface area contributed by atoms with Crippen LogP contribution in [-0.4, -0.2) is 35.1 Å². The number of carbonyl (C=O) groups is 4. The molecule has 1 aliphatic carbocycles. The van der Waals surface area contributed by atoms with E-state index in [-0.39, 0.29) is 41.9 Å². The van der Waals surface area contributed by atoms with E-state index in [4.69, 9.17) is 4.74 Å². The van der Waals surface area contributed by atoms with E-state index in [1.807, 2.05) is 49.4 Å². The van der Waals surface area contributed by atoms with Crippen molar-refractivity contribution in [2.75, 3.05) is 11.4 Å². The monoisotopic (exact) mass is 472 g/mol. The molecule has 0 unspecified atom stereocenters. The number of hydrogen-bond acceptors (Lipinski definition) is 5. The molecule has 3 amide bonds. The summed E-state index contributed by atoms with van der Waals surface area (Å²) in [5.74, 6) is -1.71. The maximum absolute atomic E-state index is 13.1. The number of likely N-dealkylation sites (tertiary alicyclic amines) is 1. The summed E-state index contributed by atoms with van der Waals surface area (Å²) in [4.78, 5) is 54.3.